The highest BCUT2D eigenvalue weighted by atomic mass is 16.2. The molecular weight excluding hydrogens is 460 g/mol. The Morgan fingerprint density at radius 1 is 1.05 bits per heavy atom. The molecule has 5 rings (SSSR count). The number of carbonyl (C=O) groups is 2. The number of hydrogen-bond donors (Lipinski definition) is 1. The molecule has 1 fully saturated rings. The normalized spacial score (nSPS) is 20.4. The van der Waals surface area contributed by atoms with E-state index in [2.05, 4.69) is 36.5 Å². The first-order valence-electron chi connectivity index (χ1n) is 13.7. The minimum Gasteiger partial charge on any atom is -0.351 e. The Hall–Kier alpha value is -3.41. The number of aromatic nitrogens is 2. The summed E-state index contributed by atoms with van der Waals surface area (Å²) in [5, 5.41) is 8.16. The van der Waals surface area contributed by atoms with E-state index in [-0.39, 0.29) is 17.9 Å². The van der Waals surface area contributed by atoms with Gasteiger partial charge in [0.15, 0.2) is 0 Å². The summed E-state index contributed by atoms with van der Waals surface area (Å²) >= 11 is 0. The van der Waals surface area contributed by atoms with Crippen molar-refractivity contribution in [2.75, 3.05) is 4.90 Å². The summed E-state index contributed by atoms with van der Waals surface area (Å²) in [6, 6.07) is 16.3. The van der Waals surface area contributed by atoms with Crippen molar-refractivity contribution in [1.82, 2.24) is 15.1 Å². The minimum atomic E-state index is -1.11. The van der Waals surface area contributed by atoms with Gasteiger partial charge in [0, 0.05) is 17.3 Å². The maximum Gasteiger partial charge on any atom is 0.277 e. The van der Waals surface area contributed by atoms with Crippen LogP contribution in [0.4, 0.5) is 5.69 Å². The zero-order valence-corrected chi connectivity index (χ0v) is 22.5. The third-order valence-corrected chi connectivity index (χ3v) is 8.31. The Kier molecular flexibility index (Phi) is 6.93. The number of aryl methyl sites for hydroxylation is 2. The topological polar surface area (TPSA) is 67.2 Å². The van der Waals surface area contributed by atoms with Crippen LogP contribution in [0.15, 0.2) is 48.5 Å². The quantitative estimate of drug-likeness (QED) is 0.440. The number of amides is 2. The van der Waals surface area contributed by atoms with Gasteiger partial charge in [0.2, 0.25) is 5.91 Å². The van der Waals surface area contributed by atoms with Gasteiger partial charge >= 0.3 is 0 Å². The summed E-state index contributed by atoms with van der Waals surface area (Å²) in [4.78, 5) is 29.9. The standard InChI is InChI=1S/C31H38N4O2/c1-5-23-15-17-24(18-16-23)26-19-28-29(36)35(27-14-10-11-21(2)22(27)3)31(4,20-34(28)33-26)30(37)32-25-12-8-6-7-9-13-25/h10-11,14-19,25H,5-9,12-13,20H2,1-4H3,(H,32,37)/t31-/m1/s1. The van der Waals surface area contributed by atoms with E-state index in [4.69, 9.17) is 5.10 Å². The monoisotopic (exact) mass is 498 g/mol. The van der Waals surface area contributed by atoms with E-state index < -0.39 is 5.54 Å². The Bertz CT molecular complexity index is 1300. The van der Waals surface area contributed by atoms with Crippen molar-refractivity contribution >= 4 is 17.5 Å². The SMILES string of the molecule is CCc1ccc(-c2cc3n(n2)C[C@](C)(C(=O)NC2CCCCCC2)N(c2cccc(C)c2C)C3=O)cc1. The fraction of sp³-hybridized carbons (Fsp3) is 0.452. The molecule has 0 radical (unpaired) electrons. The second-order valence-corrected chi connectivity index (χ2v) is 10.9. The molecule has 6 heteroatoms. The zero-order chi connectivity index (χ0) is 26.2. The van der Waals surface area contributed by atoms with Crippen molar-refractivity contribution in [1.29, 1.82) is 0 Å². The number of rotatable bonds is 5. The highest BCUT2D eigenvalue weighted by Crippen LogP contribution is 2.37. The number of nitrogens with one attached hydrogen (secondary N) is 1. The average molecular weight is 499 g/mol. The van der Waals surface area contributed by atoms with Crippen molar-refractivity contribution in [3.8, 4) is 11.3 Å². The van der Waals surface area contributed by atoms with E-state index in [9.17, 15) is 9.59 Å². The van der Waals surface area contributed by atoms with Crippen molar-refractivity contribution in [3.63, 3.8) is 0 Å². The maximum atomic E-state index is 14.2. The Morgan fingerprint density at radius 3 is 2.43 bits per heavy atom. The molecule has 1 aromatic heterocycles. The molecule has 2 amide bonds. The lowest BCUT2D eigenvalue weighted by Crippen LogP contribution is -2.65. The summed E-state index contributed by atoms with van der Waals surface area (Å²) in [6.07, 6.45) is 7.65. The molecule has 0 saturated heterocycles. The lowest BCUT2D eigenvalue weighted by atomic mass is 9.91. The fourth-order valence-electron chi connectivity index (χ4n) is 5.75. The Labute approximate surface area is 220 Å². The summed E-state index contributed by atoms with van der Waals surface area (Å²) in [5.41, 5.74) is 5.26. The molecule has 194 valence electrons. The van der Waals surface area contributed by atoms with Crippen molar-refractivity contribution in [2.24, 2.45) is 0 Å². The molecular formula is C31H38N4O2. The highest BCUT2D eigenvalue weighted by Gasteiger charge is 2.49. The number of carbonyl (C=O) groups excluding carboxylic acids is 2. The van der Waals surface area contributed by atoms with Crippen LogP contribution < -0.4 is 10.2 Å². The number of fused-ring (bicyclic) bond motifs is 1. The van der Waals surface area contributed by atoms with E-state index in [1.54, 1.807) is 9.58 Å². The molecule has 0 bridgehead atoms. The first-order chi connectivity index (χ1) is 17.8. The number of hydrogen-bond acceptors (Lipinski definition) is 3. The van der Waals surface area contributed by atoms with E-state index in [0.29, 0.717) is 12.2 Å². The van der Waals surface area contributed by atoms with Gasteiger partial charge in [0.1, 0.15) is 11.2 Å². The lowest BCUT2D eigenvalue weighted by molar-refractivity contribution is -0.127. The van der Waals surface area contributed by atoms with Crippen LogP contribution >= 0.6 is 0 Å². The van der Waals surface area contributed by atoms with Gasteiger partial charge in [-0.15, -0.1) is 0 Å². The van der Waals surface area contributed by atoms with E-state index in [1.165, 1.54) is 18.4 Å². The molecule has 2 heterocycles. The van der Waals surface area contributed by atoms with Gasteiger partial charge in [-0.3, -0.25) is 19.2 Å². The molecule has 1 aliphatic carbocycles. The smallest absolute Gasteiger partial charge is 0.277 e. The fourth-order valence-corrected chi connectivity index (χ4v) is 5.75. The van der Waals surface area contributed by atoms with Gasteiger partial charge in [-0.05, 0) is 68.9 Å². The summed E-state index contributed by atoms with van der Waals surface area (Å²) in [5.74, 6) is -0.300. The first-order valence-corrected chi connectivity index (χ1v) is 13.7. The predicted molar refractivity (Wildman–Crippen MR) is 148 cm³/mol. The summed E-state index contributed by atoms with van der Waals surface area (Å²) in [6.45, 7) is 8.38. The van der Waals surface area contributed by atoms with Crippen LogP contribution in [-0.4, -0.2) is 33.2 Å². The van der Waals surface area contributed by atoms with Crippen molar-refractivity contribution in [2.45, 2.75) is 90.8 Å². The van der Waals surface area contributed by atoms with Gasteiger partial charge < -0.3 is 5.32 Å². The van der Waals surface area contributed by atoms with Gasteiger partial charge in [-0.2, -0.15) is 5.10 Å². The van der Waals surface area contributed by atoms with Crippen LogP contribution in [0.25, 0.3) is 11.3 Å². The minimum absolute atomic E-state index is 0.108. The number of anilines is 1. The van der Waals surface area contributed by atoms with Gasteiger partial charge in [0.25, 0.3) is 5.91 Å². The van der Waals surface area contributed by atoms with Crippen LogP contribution in [0.5, 0.6) is 0 Å². The highest BCUT2D eigenvalue weighted by molar-refractivity contribution is 6.12. The third-order valence-electron chi connectivity index (χ3n) is 8.31. The number of benzene rings is 2. The van der Waals surface area contributed by atoms with Crippen LogP contribution in [0.1, 0.15) is 79.6 Å². The van der Waals surface area contributed by atoms with Crippen LogP contribution in [-0.2, 0) is 17.8 Å². The van der Waals surface area contributed by atoms with Crippen LogP contribution in [0.2, 0.25) is 0 Å². The largest absolute Gasteiger partial charge is 0.351 e. The molecule has 1 atom stereocenters. The number of nitrogens with zero attached hydrogens (tertiary/aromatic N) is 3. The predicted octanol–water partition coefficient (Wildman–Crippen LogP) is 5.99. The molecule has 1 aliphatic heterocycles. The van der Waals surface area contributed by atoms with Crippen molar-refractivity contribution in [3.05, 3.63) is 70.9 Å². The molecule has 0 unspecified atom stereocenters. The molecule has 6 nitrogen and oxygen atoms in total. The van der Waals surface area contributed by atoms with E-state index in [0.717, 1.165) is 60.2 Å². The van der Waals surface area contributed by atoms with Crippen molar-refractivity contribution < 1.29 is 9.59 Å². The second-order valence-electron chi connectivity index (χ2n) is 10.9. The van der Waals surface area contributed by atoms with Crippen LogP contribution in [0.3, 0.4) is 0 Å². The van der Waals surface area contributed by atoms with E-state index in [1.807, 2.05) is 45.0 Å². The Morgan fingerprint density at radius 2 is 1.76 bits per heavy atom. The zero-order valence-electron chi connectivity index (χ0n) is 22.5. The molecule has 0 spiro atoms. The maximum absolute atomic E-state index is 14.2. The Balaban J connectivity index is 1.56. The summed E-state index contributed by atoms with van der Waals surface area (Å²) in [7, 11) is 0. The lowest BCUT2D eigenvalue weighted by Gasteiger charge is -2.44. The molecule has 3 aromatic rings. The van der Waals surface area contributed by atoms with Crippen LogP contribution in [0, 0.1) is 13.8 Å². The molecule has 1 saturated carbocycles. The van der Waals surface area contributed by atoms with Gasteiger partial charge in [-0.1, -0.05) is 69.0 Å². The summed E-state index contributed by atoms with van der Waals surface area (Å²) < 4.78 is 1.74. The van der Waals surface area contributed by atoms with Gasteiger partial charge in [0.05, 0.1) is 12.2 Å². The molecule has 2 aliphatic rings. The molecule has 2 aromatic carbocycles. The molecule has 37 heavy (non-hydrogen) atoms. The van der Waals surface area contributed by atoms with Gasteiger partial charge in [-0.25, -0.2) is 0 Å². The third kappa shape index (κ3) is 4.70. The van der Waals surface area contributed by atoms with E-state index >= 15 is 0 Å². The average Bonchev–Trinajstić information content (AvgIpc) is 3.15. The molecule has 1 N–H and O–H groups in total. The second kappa shape index (κ2) is 10.2. The first kappa shape index (κ1) is 25.2.